The number of hydrogen-bond donors (Lipinski definition) is 4. The first-order valence-electron chi connectivity index (χ1n) is 6.82. The summed E-state index contributed by atoms with van der Waals surface area (Å²) >= 11 is 0. The molecule has 0 unspecified atom stereocenters. The summed E-state index contributed by atoms with van der Waals surface area (Å²) in [7, 11) is 0. The maximum Gasteiger partial charge on any atom is 0.234 e. The average molecular weight is 271 g/mol. The van der Waals surface area contributed by atoms with Gasteiger partial charge in [0, 0.05) is 52.0 Å². The monoisotopic (exact) mass is 271 g/mol. The lowest BCUT2D eigenvalue weighted by Gasteiger charge is -2.21. The Morgan fingerprint density at radius 1 is 1.32 bits per heavy atom. The Kier molecular flexibility index (Phi) is 9.17. The molecule has 0 atom stereocenters. The highest BCUT2D eigenvalue weighted by Crippen LogP contribution is 1.89. The minimum Gasteiger partial charge on any atom is -0.395 e. The van der Waals surface area contributed by atoms with E-state index < -0.39 is 0 Å². The molecule has 7 heteroatoms. The van der Waals surface area contributed by atoms with Crippen molar-refractivity contribution in [2.75, 3.05) is 65.5 Å². The first-order valence-corrected chi connectivity index (χ1v) is 6.82. The number of rotatable bonds is 4. The van der Waals surface area contributed by atoms with Crippen LogP contribution in [0.1, 0.15) is 0 Å². The van der Waals surface area contributed by atoms with E-state index >= 15 is 0 Å². The maximum atomic E-state index is 11.6. The summed E-state index contributed by atoms with van der Waals surface area (Å²) in [6.45, 7) is 6.43. The maximum absolute atomic E-state index is 11.6. The molecule has 7 nitrogen and oxygen atoms in total. The summed E-state index contributed by atoms with van der Waals surface area (Å²) in [5.41, 5.74) is 0. The van der Waals surface area contributed by atoms with Crippen LogP contribution in [0.25, 0.3) is 0 Å². The van der Waals surface area contributed by atoms with Gasteiger partial charge in [-0.1, -0.05) is 0 Å². The topological polar surface area (TPSA) is 89.0 Å². The van der Waals surface area contributed by atoms with Crippen molar-refractivity contribution in [2.45, 2.75) is 0 Å². The van der Waals surface area contributed by atoms with Crippen LogP contribution in [-0.4, -0.2) is 87.6 Å². The summed E-state index contributed by atoms with van der Waals surface area (Å²) in [4.78, 5) is 18.0. The molecule has 1 aliphatic rings. The van der Waals surface area contributed by atoms with Crippen molar-refractivity contribution < 1.29 is 9.90 Å². The molecule has 19 heavy (non-hydrogen) atoms. The Hall–Kier alpha value is -1.02. The van der Waals surface area contributed by atoms with Crippen LogP contribution in [0, 0.1) is 0 Å². The van der Waals surface area contributed by atoms with Gasteiger partial charge < -0.3 is 21.1 Å². The van der Waals surface area contributed by atoms with Gasteiger partial charge >= 0.3 is 0 Å². The summed E-state index contributed by atoms with van der Waals surface area (Å²) in [6, 6.07) is 0. The van der Waals surface area contributed by atoms with Crippen LogP contribution in [0.4, 0.5) is 0 Å². The standard InChI is InChI=1S/C12H25N5O2/c18-10-7-16-12(19)11-17-8-5-14-3-1-13-2-4-15-6-9-17/h3,13,15,18H,1-2,4-11H2,(H,16,19). The molecular weight excluding hydrogens is 246 g/mol. The minimum atomic E-state index is -0.0493. The molecule has 1 rings (SSSR count). The first-order chi connectivity index (χ1) is 9.33. The number of aliphatic hydroxyl groups excluding tert-OH is 1. The Labute approximate surface area is 114 Å². The summed E-state index contributed by atoms with van der Waals surface area (Å²) in [5.74, 6) is -0.0493. The third-order valence-electron chi connectivity index (χ3n) is 2.79. The Balaban J connectivity index is 2.33. The second-order valence-electron chi connectivity index (χ2n) is 4.39. The predicted molar refractivity (Wildman–Crippen MR) is 75.6 cm³/mol. The molecule has 0 saturated carbocycles. The molecule has 0 fully saturated rings. The van der Waals surface area contributed by atoms with Gasteiger partial charge in [-0.15, -0.1) is 0 Å². The molecule has 1 amide bonds. The lowest BCUT2D eigenvalue weighted by atomic mass is 10.4. The summed E-state index contributed by atoms with van der Waals surface area (Å²) in [6.07, 6.45) is 1.88. The Morgan fingerprint density at radius 2 is 2.16 bits per heavy atom. The number of hydrogen-bond acceptors (Lipinski definition) is 6. The van der Waals surface area contributed by atoms with E-state index in [-0.39, 0.29) is 12.5 Å². The normalized spacial score (nSPS) is 19.4. The number of nitrogens with zero attached hydrogens (tertiary/aromatic N) is 2. The summed E-state index contributed by atoms with van der Waals surface area (Å²) in [5, 5.41) is 17.9. The van der Waals surface area contributed by atoms with Crippen LogP contribution in [0.2, 0.25) is 0 Å². The van der Waals surface area contributed by atoms with Gasteiger partial charge in [0.2, 0.25) is 5.91 Å². The zero-order chi connectivity index (χ0) is 13.8. The van der Waals surface area contributed by atoms with Crippen molar-refractivity contribution in [1.82, 2.24) is 20.9 Å². The quantitative estimate of drug-likeness (QED) is 0.460. The van der Waals surface area contributed by atoms with Crippen LogP contribution in [-0.2, 0) is 4.79 Å². The molecule has 4 N–H and O–H groups in total. The number of carbonyl (C=O) groups excluding carboxylic acids is 1. The minimum absolute atomic E-state index is 0.0232. The van der Waals surface area contributed by atoms with Gasteiger partial charge in [0.25, 0.3) is 0 Å². The van der Waals surface area contributed by atoms with E-state index in [1.165, 1.54) is 0 Å². The van der Waals surface area contributed by atoms with Crippen LogP contribution >= 0.6 is 0 Å². The number of carbonyl (C=O) groups is 1. The largest absolute Gasteiger partial charge is 0.395 e. The van der Waals surface area contributed by atoms with Gasteiger partial charge in [0.15, 0.2) is 0 Å². The molecule has 0 spiro atoms. The third-order valence-corrected chi connectivity index (χ3v) is 2.79. The SMILES string of the molecule is O=C(CN1CCN=CCNCCNCC1)NCCO. The van der Waals surface area contributed by atoms with Crippen LogP contribution in [0.5, 0.6) is 0 Å². The number of nitrogens with one attached hydrogen (secondary N) is 3. The zero-order valence-electron chi connectivity index (χ0n) is 11.4. The molecule has 1 aliphatic heterocycles. The zero-order valence-corrected chi connectivity index (χ0v) is 11.4. The molecule has 0 radical (unpaired) electrons. The lowest BCUT2D eigenvalue weighted by molar-refractivity contribution is -0.122. The van der Waals surface area contributed by atoms with E-state index in [9.17, 15) is 4.79 Å². The van der Waals surface area contributed by atoms with E-state index in [4.69, 9.17) is 5.11 Å². The molecule has 0 saturated heterocycles. The van der Waals surface area contributed by atoms with E-state index in [1.807, 2.05) is 6.21 Å². The Bertz CT molecular complexity index is 273. The van der Waals surface area contributed by atoms with Crippen LogP contribution in [0.15, 0.2) is 4.99 Å². The molecule has 1 heterocycles. The van der Waals surface area contributed by atoms with Crippen molar-refractivity contribution in [2.24, 2.45) is 4.99 Å². The highest BCUT2D eigenvalue weighted by molar-refractivity contribution is 5.77. The molecular formula is C12H25N5O2. The van der Waals surface area contributed by atoms with Crippen molar-refractivity contribution in [3.8, 4) is 0 Å². The lowest BCUT2D eigenvalue weighted by Crippen LogP contribution is -2.43. The number of aliphatic imine (C=N–C) groups is 1. The fraction of sp³-hybridized carbons (Fsp3) is 0.833. The van der Waals surface area contributed by atoms with E-state index in [1.54, 1.807) is 0 Å². The van der Waals surface area contributed by atoms with Crippen LogP contribution < -0.4 is 16.0 Å². The molecule has 0 aromatic carbocycles. The second-order valence-corrected chi connectivity index (χ2v) is 4.39. The van der Waals surface area contributed by atoms with Crippen molar-refractivity contribution in [3.05, 3.63) is 0 Å². The van der Waals surface area contributed by atoms with E-state index in [2.05, 4.69) is 25.8 Å². The second kappa shape index (κ2) is 10.9. The number of amides is 1. The Morgan fingerprint density at radius 3 is 3.00 bits per heavy atom. The molecule has 0 aliphatic carbocycles. The molecule has 0 bridgehead atoms. The highest BCUT2D eigenvalue weighted by Gasteiger charge is 2.09. The fourth-order valence-electron chi connectivity index (χ4n) is 1.78. The van der Waals surface area contributed by atoms with Gasteiger partial charge in [-0.3, -0.25) is 14.7 Å². The van der Waals surface area contributed by atoms with Gasteiger partial charge in [-0.25, -0.2) is 0 Å². The smallest absolute Gasteiger partial charge is 0.234 e. The molecule has 110 valence electrons. The third kappa shape index (κ3) is 8.66. The van der Waals surface area contributed by atoms with Gasteiger partial charge in [-0.2, -0.15) is 0 Å². The van der Waals surface area contributed by atoms with Crippen molar-refractivity contribution in [3.63, 3.8) is 0 Å². The predicted octanol–water partition coefficient (Wildman–Crippen LogP) is -2.34. The molecule has 0 aromatic rings. The van der Waals surface area contributed by atoms with E-state index in [0.29, 0.717) is 19.6 Å². The van der Waals surface area contributed by atoms with E-state index in [0.717, 1.165) is 39.3 Å². The summed E-state index contributed by atoms with van der Waals surface area (Å²) < 4.78 is 0. The molecule has 0 aromatic heterocycles. The van der Waals surface area contributed by atoms with Crippen molar-refractivity contribution in [1.29, 1.82) is 0 Å². The highest BCUT2D eigenvalue weighted by atomic mass is 16.3. The van der Waals surface area contributed by atoms with Gasteiger partial charge in [-0.05, 0) is 0 Å². The average Bonchev–Trinajstić information content (AvgIpc) is 2.39. The number of aliphatic hydroxyl groups is 1. The van der Waals surface area contributed by atoms with Gasteiger partial charge in [0.1, 0.15) is 0 Å². The first kappa shape index (κ1) is 16.0. The van der Waals surface area contributed by atoms with Crippen molar-refractivity contribution >= 4 is 12.1 Å². The fourth-order valence-corrected chi connectivity index (χ4v) is 1.78. The van der Waals surface area contributed by atoms with Gasteiger partial charge in [0.05, 0.1) is 19.7 Å². The van der Waals surface area contributed by atoms with Crippen LogP contribution in [0.3, 0.4) is 0 Å².